The summed E-state index contributed by atoms with van der Waals surface area (Å²) in [6.07, 6.45) is 2.61. The van der Waals surface area contributed by atoms with Gasteiger partial charge in [-0.05, 0) is 36.7 Å². The van der Waals surface area contributed by atoms with Crippen LogP contribution in [0.25, 0.3) is 10.9 Å². The summed E-state index contributed by atoms with van der Waals surface area (Å²) in [7, 11) is 0. The second-order valence-electron chi connectivity index (χ2n) is 3.78. The van der Waals surface area contributed by atoms with Crippen LogP contribution in [-0.2, 0) is 6.54 Å². The van der Waals surface area contributed by atoms with Gasteiger partial charge in [0.15, 0.2) is 0 Å². The molecule has 0 saturated carbocycles. The fourth-order valence-electron chi connectivity index (χ4n) is 1.67. The van der Waals surface area contributed by atoms with E-state index in [2.05, 4.69) is 28.5 Å². The fourth-order valence-corrected chi connectivity index (χ4v) is 1.67. The number of nitrogens with zero attached hydrogens (tertiary/aromatic N) is 1. The van der Waals surface area contributed by atoms with Crippen molar-refractivity contribution in [3.05, 3.63) is 42.1 Å². The van der Waals surface area contributed by atoms with Crippen LogP contribution in [0.5, 0.6) is 0 Å². The van der Waals surface area contributed by atoms with E-state index < -0.39 is 0 Å². The van der Waals surface area contributed by atoms with Crippen molar-refractivity contribution in [1.82, 2.24) is 10.3 Å². The second kappa shape index (κ2) is 5.58. The van der Waals surface area contributed by atoms with Gasteiger partial charge >= 0.3 is 0 Å². The van der Waals surface area contributed by atoms with Gasteiger partial charge in [0, 0.05) is 24.7 Å². The second-order valence-corrected chi connectivity index (χ2v) is 3.78. The van der Waals surface area contributed by atoms with E-state index in [0.29, 0.717) is 0 Å². The van der Waals surface area contributed by atoms with E-state index in [9.17, 15) is 0 Å². The van der Waals surface area contributed by atoms with Crippen molar-refractivity contribution in [2.24, 2.45) is 0 Å². The zero-order chi connectivity index (χ0) is 11.2. The van der Waals surface area contributed by atoms with Gasteiger partial charge in [-0.1, -0.05) is 12.1 Å². The lowest BCUT2D eigenvalue weighted by atomic mass is 10.1. The summed E-state index contributed by atoms with van der Waals surface area (Å²) < 4.78 is 0. The Morgan fingerprint density at radius 2 is 2.19 bits per heavy atom. The molecule has 2 rings (SSSR count). The SMILES string of the molecule is OCCCNCc1ccc2ncccc2c1. The molecule has 0 amide bonds. The van der Waals surface area contributed by atoms with Crippen LogP contribution in [0.4, 0.5) is 0 Å². The van der Waals surface area contributed by atoms with E-state index in [0.717, 1.165) is 25.0 Å². The van der Waals surface area contributed by atoms with Crippen LogP contribution in [0.1, 0.15) is 12.0 Å². The van der Waals surface area contributed by atoms with Crippen LogP contribution in [0.3, 0.4) is 0 Å². The molecule has 1 aromatic heterocycles. The van der Waals surface area contributed by atoms with Gasteiger partial charge in [-0.3, -0.25) is 4.98 Å². The molecule has 2 aromatic rings. The molecule has 16 heavy (non-hydrogen) atoms. The first-order chi connectivity index (χ1) is 7.90. The molecule has 0 spiro atoms. The molecule has 3 nitrogen and oxygen atoms in total. The Bertz CT molecular complexity index is 456. The third-order valence-corrected chi connectivity index (χ3v) is 2.51. The maximum Gasteiger partial charge on any atom is 0.0702 e. The van der Waals surface area contributed by atoms with Gasteiger partial charge < -0.3 is 10.4 Å². The number of hydrogen-bond acceptors (Lipinski definition) is 3. The van der Waals surface area contributed by atoms with Crippen molar-refractivity contribution < 1.29 is 5.11 Å². The molecule has 3 heteroatoms. The van der Waals surface area contributed by atoms with Gasteiger partial charge in [0.2, 0.25) is 0 Å². The highest BCUT2D eigenvalue weighted by molar-refractivity contribution is 5.78. The van der Waals surface area contributed by atoms with Crippen LogP contribution in [0.2, 0.25) is 0 Å². The van der Waals surface area contributed by atoms with Crippen LogP contribution in [-0.4, -0.2) is 23.2 Å². The number of benzene rings is 1. The molecule has 0 radical (unpaired) electrons. The summed E-state index contributed by atoms with van der Waals surface area (Å²) >= 11 is 0. The van der Waals surface area contributed by atoms with E-state index in [1.165, 1.54) is 10.9 Å². The Balaban J connectivity index is 2.02. The summed E-state index contributed by atoms with van der Waals surface area (Å²) in [6, 6.07) is 10.3. The number of aliphatic hydroxyl groups is 1. The lowest BCUT2D eigenvalue weighted by Gasteiger charge is -2.05. The summed E-state index contributed by atoms with van der Waals surface area (Å²) in [6.45, 7) is 1.93. The molecule has 2 N–H and O–H groups in total. The molecule has 0 aliphatic heterocycles. The van der Waals surface area contributed by atoms with Crippen molar-refractivity contribution in [3.63, 3.8) is 0 Å². The van der Waals surface area contributed by atoms with Crippen molar-refractivity contribution in [1.29, 1.82) is 0 Å². The molecule has 0 aliphatic rings. The van der Waals surface area contributed by atoms with Gasteiger partial charge in [-0.2, -0.15) is 0 Å². The average Bonchev–Trinajstić information content (AvgIpc) is 2.34. The molecule has 0 fully saturated rings. The monoisotopic (exact) mass is 216 g/mol. The largest absolute Gasteiger partial charge is 0.396 e. The van der Waals surface area contributed by atoms with Crippen LogP contribution >= 0.6 is 0 Å². The predicted octanol–water partition coefficient (Wildman–Crippen LogP) is 1.71. The zero-order valence-electron chi connectivity index (χ0n) is 9.19. The molecule has 0 aliphatic carbocycles. The molecular formula is C13H16N2O. The molecule has 0 bridgehead atoms. The summed E-state index contributed by atoms with van der Waals surface area (Å²) in [4.78, 5) is 4.28. The number of hydrogen-bond donors (Lipinski definition) is 2. The van der Waals surface area contributed by atoms with E-state index in [1.807, 2.05) is 18.3 Å². The standard InChI is InChI=1S/C13H16N2O/c16-8-2-6-14-10-11-4-5-13-12(9-11)3-1-7-15-13/h1,3-5,7,9,14,16H,2,6,8,10H2. The van der Waals surface area contributed by atoms with E-state index >= 15 is 0 Å². The molecule has 1 aromatic carbocycles. The minimum Gasteiger partial charge on any atom is -0.396 e. The van der Waals surface area contributed by atoms with Gasteiger partial charge in [0.1, 0.15) is 0 Å². The number of rotatable bonds is 5. The first-order valence-corrected chi connectivity index (χ1v) is 5.55. The predicted molar refractivity (Wildman–Crippen MR) is 65.2 cm³/mol. The Hall–Kier alpha value is -1.45. The third-order valence-electron chi connectivity index (χ3n) is 2.51. The molecule has 0 unspecified atom stereocenters. The number of fused-ring (bicyclic) bond motifs is 1. The number of aromatic nitrogens is 1. The van der Waals surface area contributed by atoms with Gasteiger partial charge in [0.25, 0.3) is 0 Å². The Kier molecular flexibility index (Phi) is 3.86. The van der Waals surface area contributed by atoms with Crippen LogP contribution in [0, 0.1) is 0 Å². The Labute approximate surface area is 95.1 Å². The summed E-state index contributed by atoms with van der Waals surface area (Å²) in [5.41, 5.74) is 2.28. The number of nitrogens with one attached hydrogen (secondary N) is 1. The smallest absolute Gasteiger partial charge is 0.0702 e. The van der Waals surface area contributed by atoms with Crippen molar-refractivity contribution in [3.8, 4) is 0 Å². The Morgan fingerprint density at radius 1 is 1.25 bits per heavy atom. The lowest BCUT2D eigenvalue weighted by Crippen LogP contribution is -2.15. The Morgan fingerprint density at radius 3 is 3.06 bits per heavy atom. The average molecular weight is 216 g/mol. The first kappa shape index (κ1) is 11.0. The maximum atomic E-state index is 8.66. The van der Waals surface area contributed by atoms with Crippen molar-refractivity contribution in [2.45, 2.75) is 13.0 Å². The highest BCUT2D eigenvalue weighted by Gasteiger charge is 1.96. The normalized spacial score (nSPS) is 10.8. The molecule has 84 valence electrons. The third kappa shape index (κ3) is 2.78. The minimum atomic E-state index is 0.245. The molecular weight excluding hydrogens is 200 g/mol. The topological polar surface area (TPSA) is 45.1 Å². The lowest BCUT2D eigenvalue weighted by molar-refractivity contribution is 0.286. The van der Waals surface area contributed by atoms with Gasteiger partial charge in [0.05, 0.1) is 5.52 Å². The van der Waals surface area contributed by atoms with Gasteiger partial charge in [-0.15, -0.1) is 0 Å². The quantitative estimate of drug-likeness (QED) is 0.748. The zero-order valence-corrected chi connectivity index (χ0v) is 9.19. The van der Waals surface area contributed by atoms with Gasteiger partial charge in [-0.25, -0.2) is 0 Å². The molecule has 0 saturated heterocycles. The molecule has 0 atom stereocenters. The highest BCUT2D eigenvalue weighted by Crippen LogP contribution is 2.12. The van der Waals surface area contributed by atoms with E-state index in [1.54, 1.807) is 0 Å². The van der Waals surface area contributed by atoms with E-state index in [-0.39, 0.29) is 6.61 Å². The summed E-state index contributed by atoms with van der Waals surface area (Å²) in [5.74, 6) is 0. The number of aliphatic hydroxyl groups excluding tert-OH is 1. The number of pyridine rings is 1. The van der Waals surface area contributed by atoms with Crippen LogP contribution < -0.4 is 5.32 Å². The van der Waals surface area contributed by atoms with E-state index in [4.69, 9.17) is 5.11 Å². The maximum absolute atomic E-state index is 8.66. The minimum absolute atomic E-state index is 0.245. The fraction of sp³-hybridized carbons (Fsp3) is 0.308. The first-order valence-electron chi connectivity index (χ1n) is 5.55. The van der Waals surface area contributed by atoms with Crippen LogP contribution in [0.15, 0.2) is 36.5 Å². The molecule has 1 heterocycles. The highest BCUT2D eigenvalue weighted by atomic mass is 16.3. The van der Waals surface area contributed by atoms with Crippen molar-refractivity contribution >= 4 is 10.9 Å². The van der Waals surface area contributed by atoms with Crippen molar-refractivity contribution in [2.75, 3.05) is 13.2 Å². The summed E-state index contributed by atoms with van der Waals surface area (Å²) in [5, 5.41) is 13.1.